The average Bonchev–Trinajstić information content (AvgIpc) is 2.69. The molecule has 15 heavy (non-hydrogen) atoms. The van der Waals surface area contributed by atoms with Crippen LogP contribution in [0.1, 0.15) is 41.6 Å². The molecule has 1 aliphatic rings. The first-order valence-corrected chi connectivity index (χ1v) is 5.97. The fourth-order valence-corrected chi connectivity index (χ4v) is 2.65. The van der Waals surface area contributed by atoms with Gasteiger partial charge >= 0.3 is 0 Å². The van der Waals surface area contributed by atoms with Crippen LogP contribution in [-0.4, -0.2) is 5.78 Å². The van der Waals surface area contributed by atoms with Crippen molar-refractivity contribution >= 4 is 18.4 Å². The number of rotatable bonds is 2. The molecule has 0 radical (unpaired) electrons. The van der Waals surface area contributed by atoms with Gasteiger partial charge in [-0.1, -0.05) is 25.0 Å². The predicted molar refractivity (Wildman–Crippen MR) is 64.7 cm³/mol. The van der Waals surface area contributed by atoms with Gasteiger partial charge in [0.2, 0.25) is 0 Å². The lowest BCUT2D eigenvalue weighted by molar-refractivity contribution is 0.0920. The van der Waals surface area contributed by atoms with E-state index >= 15 is 0 Å². The standard InChI is InChI=1S/C13H16OS/c1-9-6-7-11(12(15)8-9)13(14)10-4-2-3-5-10/h6-8,10,15H,2-5H2,1H3. The van der Waals surface area contributed by atoms with Crippen molar-refractivity contribution in [3.8, 4) is 0 Å². The molecule has 80 valence electrons. The van der Waals surface area contributed by atoms with Gasteiger partial charge in [-0.2, -0.15) is 0 Å². The van der Waals surface area contributed by atoms with E-state index in [4.69, 9.17) is 0 Å². The summed E-state index contributed by atoms with van der Waals surface area (Å²) < 4.78 is 0. The number of ketones is 1. The smallest absolute Gasteiger partial charge is 0.167 e. The Balaban J connectivity index is 2.24. The molecule has 0 atom stereocenters. The van der Waals surface area contributed by atoms with E-state index in [2.05, 4.69) is 12.6 Å². The topological polar surface area (TPSA) is 17.1 Å². The summed E-state index contributed by atoms with van der Waals surface area (Å²) in [5.74, 6) is 0.538. The van der Waals surface area contributed by atoms with E-state index in [1.807, 2.05) is 25.1 Å². The highest BCUT2D eigenvalue weighted by Gasteiger charge is 2.24. The quantitative estimate of drug-likeness (QED) is 0.594. The molecule has 0 heterocycles. The predicted octanol–water partition coefficient (Wildman–Crippen LogP) is 3.66. The summed E-state index contributed by atoms with van der Waals surface area (Å²) >= 11 is 4.38. The van der Waals surface area contributed by atoms with Gasteiger partial charge in [-0.3, -0.25) is 4.79 Å². The normalized spacial score (nSPS) is 16.9. The number of Topliss-reactive ketones (excluding diaryl/α,β-unsaturated/α-hetero) is 1. The molecule has 0 aliphatic heterocycles. The van der Waals surface area contributed by atoms with E-state index in [9.17, 15) is 4.79 Å². The third-order valence-electron chi connectivity index (χ3n) is 3.14. The number of benzene rings is 1. The number of aryl methyl sites for hydroxylation is 1. The summed E-state index contributed by atoms with van der Waals surface area (Å²) in [5.41, 5.74) is 1.96. The van der Waals surface area contributed by atoms with E-state index in [1.54, 1.807) is 0 Å². The molecule has 0 spiro atoms. The van der Waals surface area contributed by atoms with Gasteiger partial charge in [0.15, 0.2) is 5.78 Å². The Kier molecular flexibility index (Phi) is 3.15. The van der Waals surface area contributed by atoms with Crippen molar-refractivity contribution in [2.24, 2.45) is 5.92 Å². The van der Waals surface area contributed by atoms with Gasteiger partial charge in [0.1, 0.15) is 0 Å². The Bertz CT molecular complexity index is 378. The molecule has 1 aliphatic carbocycles. The summed E-state index contributed by atoms with van der Waals surface area (Å²) in [7, 11) is 0. The number of carbonyl (C=O) groups excluding carboxylic acids is 1. The first-order chi connectivity index (χ1) is 7.18. The maximum absolute atomic E-state index is 12.1. The van der Waals surface area contributed by atoms with Gasteiger partial charge in [0, 0.05) is 16.4 Å². The van der Waals surface area contributed by atoms with E-state index in [0.717, 1.165) is 28.9 Å². The van der Waals surface area contributed by atoms with Crippen LogP contribution in [0.4, 0.5) is 0 Å². The first-order valence-electron chi connectivity index (χ1n) is 5.52. The van der Waals surface area contributed by atoms with Crippen molar-refractivity contribution in [3.05, 3.63) is 29.3 Å². The van der Waals surface area contributed by atoms with Crippen molar-refractivity contribution in [1.82, 2.24) is 0 Å². The minimum atomic E-state index is 0.249. The SMILES string of the molecule is Cc1ccc(C(=O)C2CCCC2)c(S)c1. The summed E-state index contributed by atoms with van der Waals surface area (Å²) in [6.45, 7) is 2.02. The van der Waals surface area contributed by atoms with Crippen molar-refractivity contribution in [3.63, 3.8) is 0 Å². The van der Waals surface area contributed by atoms with Gasteiger partial charge in [-0.05, 0) is 31.4 Å². The first kappa shape index (κ1) is 10.7. The molecular formula is C13H16OS. The van der Waals surface area contributed by atoms with Crippen molar-refractivity contribution < 1.29 is 4.79 Å². The van der Waals surface area contributed by atoms with Gasteiger partial charge in [-0.25, -0.2) is 0 Å². The lowest BCUT2D eigenvalue weighted by atomic mass is 9.96. The minimum absolute atomic E-state index is 0.249. The largest absolute Gasteiger partial charge is 0.294 e. The third-order valence-corrected chi connectivity index (χ3v) is 3.51. The molecule has 0 saturated heterocycles. The minimum Gasteiger partial charge on any atom is -0.294 e. The highest BCUT2D eigenvalue weighted by molar-refractivity contribution is 7.80. The lowest BCUT2D eigenvalue weighted by Crippen LogP contribution is -2.11. The second-order valence-electron chi connectivity index (χ2n) is 4.37. The summed E-state index contributed by atoms with van der Waals surface area (Å²) in [6, 6.07) is 5.87. The molecule has 2 rings (SSSR count). The average molecular weight is 220 g/mol. The second kappa shape index (κ2) is 4.40. The Morgan fingerprint density at radius 2 is 2.00 bits per heavy atom. The maximum Gasteiger partial charge on any atom is 0.167 e. The molecule has 0 amide bonds. The Morgan fingerprint density at radius 1 is 1.33 bits per heavy atom. The highest BCUT2D eigenvalue weighted by atomic mass is 32.1. The summed E-state index contributed by atoms with van der Waals surface area (Å²) in [5, 5.41) is 0. The van der Waals surface area contributed by atoms with E-state index in [0.29, 0.717) is 0 Å². The maximum atomic E-state index is 12.1. The monoisotopic (exact) mass is 220 g/mol. The van der Waals surface area contributed by atoms with Crippen LogP contribution >= 0.6 is 12.6 Å². The summed E-state index contributed by atoms with van der Waals surface area (Å²) in [6.07, 6.45) is 4.51. The zero-order valence-corrected chi connectivity index (χ0v) is 9.89. The van der Waals surface area contributed by atoms with Gasteiger partial charge in [0.05, 0.1) is 0 Å². The number of hydrogen-bond acceptors (Lipinski definition) is 2. The van der Waals surface area contributed by atoms with E-state index in [-0.39, 0.29) is 11.7 Å². The van der Waals surface area contributed by atoms with Crippen molar-refractivity contribution in [2.45, 2.75) is 37.5 Å². The van der Waals surface area contributed by atoms with Gasteiger partial charge in [-0.15, -0.1) is 12.6 Å². The van der Waals surface area contributed by atoms with Gasteiger partial charge < -0.3 is 0 Å². The van der Waals surface area contributed by atoms with Crippen molar-refractivity contribution in [1.29, 1.82) is 0 Å². The summed E-state index contributed by atoms with van der Waals surface area (Å²) in [4.78, 5) is 13.0. The molecule has 1 aromatic carbocycles. The molecule has 0 unspecified atom stereocenters. The number of carbonyl (C=O) groups is 1. The molecule has 0 N–H and O–H groups in total. The Labute approximate surface area is 96.3 Å². The van der Waals surface area contributed by atoms with Crippen LogP contribution in [-0.2, 0) is 0 Å². The van der Waals surface area contributed by atoms with Crippen molar-refractivity contribution in [2.75, 3.05) is 0 Å². The zero-order valence-electron chi connectivity index (χ0n) is 8.99. The lowest BCUT2D eigenvalue weighted by Gasteiger charge is -2.10. The van der Waals surface area contributed by atoms with Crippen LogP contribution in [0.3, 0.4) is 0 Å². The van der Waals surface area contributed by atoms with Crippen LogP contribution in [0.25, 0.3) is 0 Å². The number of hydrogen-bond donors (Lipinski definition) is 1. The van der Waals surface area contributed by atoms with Crippen LogP contribution in [0.15, 0.2) is 23.1 Å². The molecule has 1 nitrogen and oxygen atoms in total. The van der Waals surface area contributed by atoms with Crippen LogP contribution in [0.5, 0.6) is 0 Å². The Morgan fingerprint density at radius 3 is 2.60 bits per heavy atom. The second-order valence-corrected chi connectivity index (χ2v) is 4.85. The fourth-order valence-electron chi connectivity index (χ4n) is 2.26. The molecule has 1 fully saturated rings. The molecule has 0 bridgehead atoms. The van der Waals surface area contributed by atoms with Gasteiger partial charge in [0.25, 0.3) is 0 Å². The molecule has 2 heteroatoms. The molecular weight excluding hydrogens is 204 g/mol. The number of thiol groups is 1. The zero-order chi connectivity index (χ0) is 10.8. The van der Waals surface area contributed by atoms with E-state index in [1.165, 1.54) is 12.8 Å². The van der Waals surface area contributed by atoms with E-state index < -0.39 is 0 Å². The fraction of sp³-hybridized carbons (Fsp3) is 0.462. The van der Waals surface area contributed by atoms with Crippen LogP contribution in [0.2, 0.25) is 0 Å². The highest BCUT2D eigenvalue weighted by Crippen LogP contribution is 2.30. The molecule has 1 aromatic rings. The molecule has 1 saturated carbocycles. The Hall–Kier alpha value is -0.760. The third kappa shape index (κ3) is 2.25. The molecule has 0 aromatic heterocycles. The van der Waals surface area contributed by atoms with Crippen LogP contribution < -0.4 is 0 Å². The van der Waals surface area contributed by atoms with Crippen LogP contribution in [0, 0.1) is 12.8 Å².